The molecule has 1 aromatic heterocycles. The van der Waals surface area contributed by atoms with Crippen LogP contribution >= 0.6 is 0 Å². The van der Waals surface area contributed by atoms with E-state index in [0.717, 1.165) is 10.9 Å². The van der Waals surface area contributed by atoms with E-state index in [4.69, 9.17) is 4.74 Å². The number of nitrogens with zero attached hydrogens (tertiary/aromatic N) is 1. The third-order valence-corrected chi connectivity index (χ3v) is 2.48. The van der Waals surface area contributed by atoms with Crippen LogP contribution in [0.4, 0.5) is 0 Å². The minimum atomic E-state index is -0.107. The lowest BCUT2D eigenvalue weighted by molar-refractivity contribution is 0.0957. The molecule has 88 valence electrons. The summed E-state index contributed by atoms with van der Waals surface area (Å²) < 4.78 is 5.10. The van der Waals surface area contributed by atoms with Crippen molar-refractivity contribution in [2.24, 2.45) is 0 Å². The molecule has 2 rings (SSSR count). The molecule has 17 heavy (non-hydrogen) atoms. The molecule has 4 nitrogen and oxygen atoms in total. The summed E-state index contributed by atoms with van der Waals surface area (Å²) in [4.78, 5) is 16.2. The third-order valence-electron chi connectivity index (χ3n) is 2.48. The van der Waals surface area contributed by atoms with Gasteiger partial charge in [0.15, 0.2) is 0 Å². The Balaban J connectivity index is 2.62. The van der Waals surface area contributed by atoms with E-state index in [0.29, 0.717) is 18.0 Å². The Hall–Kier alpha value is -2.10. The molecule has 0 unspecified atom stereocenters. The van der Waals surface area contributed by atoms with E-state index in [1.807, 2.05) is 31.2 Å². The molecule has 2 aromatic rings. The van der Waals surface area contributed by atoms with E-state index >= 15 is 0 Å². The van der Waals surface area contributed by atoms with Gasteiger partial charge in [0, 0.05) is 18.0 Å². The van der Waals surface area contributed by atoms with Gasteiger partial charge in [-0.3, -0.25) is 4.79 Å². The van der Waals surface area contributed by atoms with Gasteiger partial charge < -0.3 is 10.1 Å². The minimum Gasteiger partial charge on any atom is -0.481 e. The van der Waals surface area contributed by atoms with Gasteiger partial charge in [0.25, 0.3) is 5.91 Å². The zero-order chi connectivity index (χ0) is 12.3. The van der Waals surface area contributed by atoms with E-state index in [9.17, 15) is 4.79 Å². The number of rotatable bonds is 3. The van der Waals surface area contributed by atoms with Crippen molar-refractivity contribution in [1.82, 2.24) is 10.3 Å². The quantitative estimate of drug-likeness (QED) is 0.877. The number of hydrogen-bond donors (Lipinski definition) is 1. The lowest BCUT2D eigenvalue weighted by atomic mass is 10.1. The van der Waals surface area contributed by atoms with Gasteiger partial charge in [-0.25, -0.2) is 4.98 Å². The van der Waals surface area contributed by atoms with Crippen LogP contribution in [0.2, 0.25) is 0 Å². The molecule has 0 saturated carbocycles. The van der Waals surface area contributed by atoms with E-state index in [-0.39, 0.29) is 5.91 Å². The second-order valence-corrected chi connectivity index (χ2v) is 3.59. The second-order valence-electron chi connectivity index (χ2n) is 3.59. The van der Waals surface area contributed by atoms with Gasteiger partial charge >= 0.3 is 0 Å². The maximum absolute atomic E-state index is 11.9. The SMILES string of the molecule is CCNC(=O)c1cc(OC)nc2ccccc12. The number of methoxy groups -OCH3 is 1. The molecular weight excluding hydrogens is 216 g/mol. The normalized spacial score (nSPS) is 10.2. The highest BCUT2D eigenvalue weighted by atomic mass is 16.5. The molecule has 0 aliphatic rings. The predicted octanol–water partition coefficient (Wildman–Crippen LogP) is 1.99. The van der Waals surface area contributed by atoms with Gasteiger partial charge in [-0.15, -0.1) is 0 Å². The number of fused-ring (bicyclic) bond motifs is 1. The van der Waals surface area contributed by atoms with Crippen LogP contribution in [0.15, 0.2) is 30.3 Å². The Morgan fingerprint density at radius 2 is 2.18 bits per heavy atom. The number of carbonyl (C=O) groups is 1. The lowest BCUT2D eigenvalue weighted by Crippen LogP contribution is -2.23. The summed E-state index contributed by atoms with van der Waals surface area (Å²) in [7, 11) is 1.54. The molecule has 4 heteroatoms. The molecule has 1 aromatic carbocycles. The monoisotopic (exact) mass is 230 g/mol. The zero-order valence-corrected chi connectivity index (χ0v) is 9.86. The van der Waals surface area contributed by atoms with Crippen molar-refractivity contribution < 1.29 is 9.53 Å². The average Bonchev–Trinajstić information content (AvgIpc) is 2.37. The summed E-state index contributed by atoms with van der Waals surface area (Å²) in [6.07, 6.45) is 0. The van der Waals surface area contributed by atoms with E-state index in [1.54, 1.807) is 13.2 Å². The standard InChI is InChI=1S/C13H14N2O2/c1-3-14-13(16)10-8-12(17-2)15-11-7-5-4-6-9(10)11/h4-8H,3H2,1-2H3,(H,14,16). The summed E-state index contributed by atoms with van der Waals surface area (Å²) in [6, 6.07) is 9.18. The molecule has 0 aliphatic carbocycles. The number of benzene rings is 1. The highest BCUT2D eigenvalue weighted by Crippen LogP contribution is 2.21. The van der Waals surface area contributed by atoms with Gasteiger partial charge in [-0.05, 0) is 13.0 Å². The molecule has 1 amide bonds. The molecule has 0 radical (unpaired) electrons. The third kappa shape index (κ3) is 2.20. The average molecular weight is 230 g/mol. The Bertz CT molecular complexity index is 552. The maximum Gasteiger partial charge on any atom is 0.252 e. The van der Waals surface area contributed by atoms with E-state index in [2.05, 4.69) is 10.3 Å². The largest absolute Gasteiger partial charge is 0.481 e. The number of aromatic nitrogens is 1. The molecule has 0 bridgehead atoms. The van der Waals surface area contributed by atoms with Crippen LogP contribution in [0.3, 0.4) is 0 Å². The fraction of sp³-hybridized carbons (Fsp3) is 0.231. The Morgan fingerprint density at radius 1 is 1.41 bits per heavy atom. The van der Waals surface area contributed by atoms with Crippen LogP contribution in [-0.4, -0.2) is 24.5 Å². The van der Waals surface area contributed by atoms with Crippen molar-refractivity contribution in [1.29, 1.82) is 0 Å². The maximum atomic E-state index is 11.9. The first-order valence-corrected chi connectivity index (χ1v) is 5.48. The van der Waals surface area contributed by atoms with E-state index < -0.39 is 0 Å². The fourth-order valence-corrected chi connectivity index (χ4v) is 1.70. The molecule has 0 aliphatic heterocycles. The molecule has 0 fully saturated rings. The van der Waals surface area contributed by atoms with Gasteiger partial charge in [0.2, 0.25) is 5.88 Å². The molecule has 0 spiro atoms. The number of nitrogens with one attached hydrogen (secondary N) is 1. The molecule has 1 N–H and O–H groups in total. The highest BCUT2D eigenvalue weighted by molar-refractivity contribution is 6.06. The van der Waals surface area contributed by atoms with Crippen LogP contribution in [0.25, 0.3) is 10.9 Å². The first-order chi connectivity index (χ1) is 8.26. The van der Waals surface area contributed by atoms with Crippen LogP contribution < -0.4 is 10.1 Å². The van der Waals surface area contributed by atoms with Crippen LogP contribution in [0, 0.1) is 0 Å². The Kier molecular flexibility index (Phi) is 3.23. The van der Waals surface area contributed by atoms with Crippen molar-refractivity contribution in [2.75, 3.05) is 13.7 Å². The first-order valence-electron chi connectivity index (χ1n) is 5.48. The molecular formula is C13H14N2O2. The number of amides is 1. The highest BCUT2D eigenvalue weighted by Gasteiger charge is 2.12. The summed E-state index contributed by atoms with van der Waals surface area (Å²) in [6.45, 7) is 2.48. The number of pyridine rings is 1. The first kappa shape index (κ1) is 11.4. The summed E-state index contributed by atoms with van der Waals surface area (Å²) in [5, 5.41) is 3.62. The Morgan fingerprint density at radius 3 is 2.88 bits per heavy atom. The van der Waals surface area contributed by atoms with Gasteiger partial charge in [0.1, 0.15) is 0 Å². The summed E-state index contributed by atoms with van der Waals surface area (Å²) >= 11 is 0. The van der Waals surface area contributed by atoms with E-state index in [1.165, 1.54) is 0 Å². The second kappa shape index (κ2) is 4.82. The van der Waals surface area contributed by atoms with Gasteiger partial charge in [-0.1, -0.05) is 18.2 Å². The lowest BCUT2D eigenvalue weighted by Gasteiger charge is -2.08. The number of carbonyl (C=O) groups excluding carboxylic acids is 1. The van der Waals surface area contributed by atoms with Gasteiger partial charge in [-0.2, -0.15) is 0 Å². The topological polar surface area (TPSA) is 51.2 Å². The molecule has 0 saturated heterocycles. The fourth-order valence-electron chi connectivity index (χ4n) is 1.70. The summed E-state index contributed by atoms with van der Waals surface area (Å²) in [5.74, 6) is 0.342. The zero-order valence-electron chi connectivity index (χ0n) is 9.86. The summed E-state index contributed by atoms with van der Waals surface area (Å²) in [5.41, 5.74) is 1.35. The molecule has 0 atom stereocenters. The number of para-hydroxylation sites is 1. The van der Waals surface area contributed by atoms with Gasteiger partial charge in [0.05, 0.1) is 18.2 Å². The predicted molar refractivity (Wildman–Crippen MR) is 66.3 cm³/mol. The number of ether oxygens (including phenoxy) is 1. The Labute approximate surface area is 99.6 Å². The van der Waals surface area contributed by atoms with Crippen molar-refractivity contribution in [3.63, 3.8) is 0 Å². The van der Waals surface area contributed by atoms with Crippen molar-refractivity contribution >= 4 is 16.8 Å². The van der Waals surface area contributed by atoms with Crippen molar-refractivity contribution in [2.45, 2.75) is 6.92 Å². The van der Waals surface area contributed by atoms with Crippen LogP contribution in [0.5, 0.6) is 5.88 Å². The van der Waals surface area contributed by atoms with Crippen LogP contribution in [-0.2, 0) is 0 Å². The van der Waals surface area contributed by atoms with Crippen molar-refractivity contribution in [3.05, 3.63) is 35.9 Å². The minimum absolute atomic E-state index is 0.107. The van der Waals surface area contributed by atoms with Crippen molar-refractivity contribution in [3.8, 4) is 5.88 Å². The number of hydrogen-bond acceptors (Lipinski definition) is 3. The smallest absolute Gasteiger partial charge is 0.252 e. The van der Waals surface area contributed by atoms with Crippen LogP contribution in [0.1, 0.15) is 17.3 Å². The molecule has 1 heterocycles.